The lowest BCUT2D eigenvalue weighted by atomic mass is 9.84. The molecule has 186 valence electrons. The van der Waals surface area contributed by atoms with Crippen molar-refractivity contribution in [1.82, 2.24) is 10.6 Å². The van der Waals surface area contributed by atoms with Crippen LogP contribution in [0.2, 0.25) is 0 Å². The highest BCUT2D eigenvalue weighted by Crippen LogP contribution is 2.44. The van der Waals surface area contributed by atoms with Crippen molar-refractivity contribution in [3.05, 3.63) is 59.7 Å². The second-order valence-electron chi connectivity index (χ2n) is 9.89. The largest absolute Gasteiger partial charge is 0.480 e. The number of alkyl carbamates (subject to hydrolysis) is 1. The van der Waals surface area contributed by atoms with Crippen LogP contribution in [0.5, 0.6) is 0 Å². The molecule has 2 aliphatic rings. The molecule has 4 rings (SSSR count). The Labute approximate surface area is 206 Å². The number of nitrogens with one attached hydrogen (secondary N) is 2. The molecule has 0 aliphatic heterocycles. The third kappa shape index (κ3) is 5.34. The zero-order chi connectivity index (χ0) is 25.0. The minimum atomic E-state index is -1.25. The first-order chi connectivity index (χ1) is 16.8. The van der Waals surface area contributed by atoms with Crippen LogP contribution in [-0.4, -0.2) is 41.3 Å². The number of rotatable bonds is 8. The van der Waals surface area contributed by atoms with Gasteiger partial charge in [0.25, 0.3) is 0 Å². The molecule has 2 amide bonds. The van der Waals surface area contributed by atoms with E-state index in [0.717, 1.165) is 0 Å². The van der Waals surface area contributed by atoms with Crippen LogP contribution >= 0.6 is 0 Å². The van der Waals surface area contributed by atoms with E-state index >= 15 is 0 Å². The lowest BCUT2D eigenvalue weighted by Crippen LogP contribution is -2.54. The van der Waals surface area contributed by atoms with E-state index in [1.165, 1.54) is 22.3 Å². The van der Waals surface area contributed by atoms with Crippen LogP contribution in [0.4, 0.5) is 4.79 Å². The van der Waals surface area contributed by atoms with Gasteiger partial charge in [-0.15, -0.1) is 0 Å². The maximum absolute atomic E-state index is 12.7. The van der Waals surface area contributed by atoms with Gasteiger partial charge in [-0.2, -0.15) is 0 Å². The molecule has 1 saturated carbocycles. The van der Waals surface area contributed by atoms with Gasteiger partial charge in [0.05, 0.1) is 0 Å². The number of aliphatic carboxylic acids is 1. The standard InChI is InChI=1S/C28H34N2O5/c1-3-16-28(2,26(32)33)30-25(31)18-12-14-19(15-13-18)29-27(34)35-17-24-22-10-6-4-8-20(22)21-9-5-7-11-23(21)24/h4-11,18-19,24H,3,12-17H2,1-2H3,(H,29,34)(H,30,31)(H,32,33). The summed E-state index contributed by atoms with van der Waals surface area (Å²) in [7, 11) is 0. The number of fused-ring (bicyclic) bond motifs is 3. The summed E-state index contributed by atoms with van der Waals surface area (Å²) in [6.07, 6.45) is 3.11. The minimum absolute atomic E-state index is 0.0132. The Bertz CT molecular complexity index is 1050. The molecule has 35 heavy (non-hydrogen) atoms. The molecule has 2 aliphatic carbocycles. The van der Waals surface area contributed by atoms with Crippen molar-refractivity contribution in [3.63, 3.8) is 0 Å². The van der Waals surface area contributed by atoms with Gasteiger partial charge in [0.15, 0.2) is 0 Å². The Balaban J connectivity index is 1.27. The van der Waals surface area contributed by atoms with E-state index in [1.54, 1.807) is 6.92 Å². The number of ether oxygens (including phenoxy) is 1. The van der Waals surface area contributed by atoms with Gasteiger partial charge in [-0.25, -0.2) is 9.59 Å². The lowest BCUT2D eigenvalue weighted by molar-refractivity contribution is -0.148. The number of amides is 2. The highest BCUT2D eigenvalue weighted by Gasteiger charge is 2.37. The molecule has 3 N–H and O–H groups in total. The number of benzene rings is 2. The molecular formula is C28H34N2O5. The molecule has 2 aromatic rings. The van der Waals surface area contributed by atoms with Crippen LogP contribution in [0.3, 0.4) is 0 Å². The average Bonchev–Trinajstić information content (AvgIpc) is 3.17. The topological polar surface area (TPSA) is 105 Å². The van der Waals surface area contributed by atoms with Gasteiger partial charge in [0.1, 0.15) is 12.1 Å². The third-order valence-corrected chi connectivity index (χ3v) is 7.38. The van der Waals surface area contributed by atoms with Crippen LogP contribution in [0, 0.1) is 5.92 Å². The molecule has 0 saturated heterocycles. The SMILES string of the molecule is CCCC(C)(NC(=O)C1CCC(NC(=O)OCC2c3ccccc3-c3ccccc32)CC1)C(=O)O. The number of carboxylic acids is 1. The molecule has 0 radical (unpaired) electrons. The van der Waals surface area contributed by atoms with Gasteiger partial charge in [-0.3, -0.25) is 4.79 Å². The summed E-state index contributed by atoms with van der Waals surface area (Å²) in [5.74, 6) is -1.47. The average molecular weight is 479 g/mol. The smallest absolute Gasteiger partial charge is 0.407 e. The van der Waals surface area contributed by atoms with Crippen LogP contribution in [0.1, 0.15) is 69.4 Å². The molecule has 2 aromatic carbocycles. The predicted molar refractivity (Wildman–Crippen MR) is 133 cm³/mol. The van der Waals surface area contributed by atoms with Crippen LogP contribution in [0.25, 0.3) is 11.1 Å². The van der Waals surface area contributed by atoms with E-state index in [-0.39, 0.29) is 30.4 Å². The van der Waals surface area contributed by atoms with Crippen molar-refractivity contribution < 1.29 is 24.2 Å². The van der Waals surface area contributed by atoms with Gasteiger partial charge in [-0.1, -0.05) is 61.9 Å². The summed E-state index contributed by atoms with van der Waals surface area (Å²) >= 11 is 0. The Morgan fingerprint density at radius 2 is 1.54 bits per heavy atom. The Morgan fingerprint density at radius 1 is 0.971 bits per heavy atom. The zero-order valence-corrected chi connectivity index (χ0v) is 20.4. The maximum atomic E-state index is 12.7. The first kappa shape index (κ1) is 24.8. The minimum Gasteiger partial charge on any atom is -0.480 e. The third-order valence-electron chi connectivity index (χ3n) is 7.38. The predicted octanol–water partition coefficient (Wildman–Crippen LogP) is 4.84. The Morgan fingerprint density at radius 3 is 2.09 bits per heavy atom. The van der Waals surface area contributed by atoms with E-state index in [9.17, 15) is 19.5 Å². The highest BCUT2D eigenvalue weighted by molar-refractivity contribution is 5.87. The van der Waals surface area contributed by atoms with Crippen molar-refractivity contribution in [2.24, 2.45) is 5.92 Å². The molecule has 0 heterocycles. The summed E-state index contributed by atoms with van der Waals surface area (Å²) in [5, 5.41) is 15.2. The molecule has 7 heteroatoms. The summed E-state index contributed by atoms with van der Waals surface area (Å²) < 4.78 is 5.64. The van der Waals surface area contributed by atoms with Crippen molar-refractivity contribution >= 4 is 18.0 Å². The van der Waals surface area contributed by atoms with Crippen LogP contribution < -0.4 is 10.6 Å². The molecule has 1 unspecified atom stereocenters. The fraction of sp³-hybridized carbons (Fsp3) is 0.464. The van der Waals surface area contributed by atoms with Gasteiger partial charge >= 0.3 is 12.1 Å². The first-order valence-electron chi connectivity index (χ1n) is 12.5. The maximum Gasteiger partial charge on any atom is 0.407 e. The molecular weight excluding hydrogens is 444 g/mol. The molecule has 1 fully saturated rings. The summed E-state index contributed by atoms with van der Waals surface area (Å²) in [6.45, 7) is 3.72. The summed E-state index contributed by atoms with van der Waals surface area (Å²) in [5.41, 5.74) is 3.47. The molecule has 0 aromatic heterocycles. The number of carboxylic acid groups (broad SMARTS) is 1. The first-order valence-corrected chi connectivity index (χ1v) is 12.5. The van der Waals surface area contributed by atoms with Crippen molar-refractivity contribution in [1.29, 1.82) is 0 Å². The van der Waals surface area contributed by atoms with Gasteiger partial charge < -0.3 is 20.5 Å². The van der Waals surface area contributed by atoms with Crippen molar-refractivity contribution in [2.45, 2.75) is 69.9 Å². The molecule has 0 bridgehead atoms. The van der Waals surface area contributed by atoms with Gasteiger partial charge in [-0.05, 0) is 61.3 Å². The van der Waals surface area contributed by atoms with E-state index in [4.69, 9.17) is 4.74 Å². The number of hydrogen-bond donors (Lipinski definition) is 3. The van der Waals surface area contributed by atoms with Gasteiger partial charge in [0, 0.05) is 17.9 Å². The van der Waals surface area contributed by atoms with Crippen LogP contribution in [0.15, 0.2) is 48.5 Å². The summed E-state index contributed by atoms with van der Waals surface area (Å²) in [4.78, 5) is 36.9. The van der Waals surface area contributed by atoms with Crippen molar-refractivity contribution in [3.8, 4) is 11.1 Å². The Kier molecular flexibility index (Phi) is 7.43. The molecule has 1 atom stereocenters. The number of carbonyl (C=O) groups is 3. The van der Waals surface area contributed by atoms with Gasteiger partial charge in [0.2, 0.25) is 5.91 Å². The van der Waals surface area contributed by atoms with E-state index in [0.29, 0.717) is 38.5 Å². The highest BCUT2D eigenvalue weighted by atomic mass is 16.5. The van der Waals surface area contributed by atoms with Crippen LogP contribution in [-0.2, 0) is 14.3 Å². The second-order valence-corrected chi connectivity index (χ2v) is 9.89. The second kappa shape index (κ2) is 10.5. The monoisotopic (exact) mass is 478 g/mol. The fourth-order valence-corrected chi connectivity index (χ4v) is 5.40. The van der Waals surface area contributed by atoms with E-state index in [1.807, 2.05) is 31.2 Å². The zero-order valence-electron chi connectivity index (χ0n) is 20.4. The van der Waals surface area contributed by atoms with E-state index in [2.05, 4.69) is 34.9 Å². The molecule has 7 nitrogen and oxygen atoms in total. The Hall–Kier alpha value is -3.35. The summed E-state index contributed by atoms with van der Waals surface area (Å²) in [6, 6.07) is 16.4. The van der Waals surface area contributed by atoms with Crippen molar-refractivity contribution in [2.75, 3.05) is 6.61 Å². The number of carbonyl (C=O) groups excluding carboxylic acids is 2. The number of hydrogen-bond acceptors (Lipinski definition) is 4. The van der Waals surface area contributed by atoms with E-state index < -0.39 is 17.6 Å². The fourth-order valence-electron chi connectivity index (χ4n) is 5.40. The quantitative estimate of drug-likeness (QED) is 0.503. The normalized spacial score (nSPS) is 20.7. The lowest BCUT2D eigenvalue weighted by Gasteiger charge is -2.32. The molecule has 0 spiro atoms.